The van der Waals surface area contributed by atoms with Crippen molar-refractivity contribution in [3.05, 3.63) is 17.5 Å². The van der Waals surface area contributed by atoms with Gasteiger partial charge < -0.3 is 5.11 Å². The first-order chi connectivity index (χ1) is 6.91. The van der Waals surface area contributed by atoms with Crippen LogP contribution >= 0.6 is 0 Å². The number of aryl methyl sites for hydroxylation is 2. The molecule has 1 aromatic heterocycles. The zero-order chi connectivity index (χ0) is 11.6. The van der Waals surface area contributed by atoms with Gasteiger partial charge in [0, 0.05) is 12.7 Å². The molecular weight excluding hydrogens is 206 g/mol. The average molecular weight is 218 g/mol. The van der Waals surface area contributed by atoms with E-state index in [4.69, 9.17) is 5.11 Å². The van der Waals surface area contributed by atoms with E-state index in [-0.39, 0.29) is 5.69 Å². The van der Waals surface area contributed by atoms with Gasteiger partial charge in [-0.3, -0.25) is 9.48 Å². The topological polar surface area (TPSA) is 55.1 Å². The lowest BCUT2D eigenvalue weighted by atomic mass is 10.0. The minimum Gasteiger partial charge on any atom is -0.481 e. The fourth-order valence-electron chi connectivity index (χ4n) is 1.49. The van der Waals surface area contributed by atoms with E-state index in [0.717, 1.165) is 0 Å². The monoisotopic (exact) mass is 218 g/mol. The van der Waals surface area contributed by atoms with Gasteiger partial charge in [-0.2, -0.15) is 5.10 Å². The number of carbonyl (C=O) groups is 1. The molecule has 0 saturated carbocycles. The van der Waals surface area contributed by atoms with Crippen LogP contribution in [-0.4, -0.2) is 27.3 Å². The summed E-state index contributed by atoms with van der Waals surface area (Å²) in [6, 6.07) is 1.49. The summed E-state index contributed by atoms with van der Waals surface area (Å²) in [7, 11) is 1.53. The van der Waals surface area contributed by atoms with Crippen LogP contribution in [0.2, 0.25) is 0 Å². The second-order valence-electron chi connectivity index (χ2n) is 3.37. The molecule has 1 unspecified atom stereocenters. The molecule has 4 nitrogen and oxygen atoms in total. The molecular formula is C9H12F2N2O2. The van der Waals surface area contributed by atoms with Gasteiger partial charge in [-0.25, -0.2) is 8.78 Å². The summed E-state index contributed by atoms with van der Waals surface area (Å²) in [5.41, 5.74) is 0.855. The van der Waals surface area contributed by atoms with Gasteiger partial charge in [-0.05, 0) is 13.0 Å². The second-order valence-corrected chi connectivity index (χ2v) is 3.37. The smallest absolute Gasteiger partial charge is 0.304 e. The molecule has 0 radical (unpaired) electrons. The number of nitrogens with zero attached hydrogens (tertiary/aromatic N) is 2. The van der Waals surface area contributed by atoms with E-state index in [2.05, 4.69) is 5.10 Å². The number of hydrogen-bond acceptors (Lipinski definition) is 2. The van der Waals surface area contributed by atoms with E-state index in [1.54, 1.807) is 6.92 Å². The normalized spacial score (nSPS) is 13.1. The maximum Gasteiger partial charge on any atom is 0.304 e. The lowest BCUT2D eigenvalue weighted by molar-refractivity contribution is -0.138. The predicted molar refractivity (Wildman–Crippen MR) is 48.9 cm³/mol. The Hall–Kier alpha value is -1.46. The first-order valence-corrected chi connectivity index (χ1v) is 4.42. The highest BCUT2D eigenvalue weighted by Crippen LogP contribution is 2.26. The fraction of sp³-hybridized carbons (Fsp3) is 0.556. The maximum atomic E-state index is 12.6. The van der Waals surface area contributed by atoms with Gasteiger partial charge >= 0.3 is 5.97 Å². The lowest BCUT2D eigenvalue weighted by Gasteiger charge is -2.13. The number of rotatable bonds is 4. The van der Waals surface area contributed by atoms with Gasteiger partial charge in [0.15, 0.2) is 0 Å². The van der Waals surface area contributed by atoms with E-state index in [1.165, 1.54) is 17.8 Å². The van der Waals surface area contributed by atoms with Crippen LogP contribution in [0.4, 0.5) is 8.78 Å². The molecule has 1 aromatic rings. The van der Waals surface area contributed by atoms with E-state index in [9.17, 15) is 13.6 Å². The highest BCUT2D eigenvalue weighted by Gasteiger charge is 2.28. The van der Waals surface area contributed by atoms with Crippen LogP contribution in [0.5, 0.6) is 0 Å². The van der Waals surface area contributed by atoms with Crippen LogP contribution in [0, 0.1) is 6.92 Å². The molecule has 0 bridgehead atoms. The molecule has 1 N–H and O–H groups in total. The van der Waals surface area contributed by atoms with Gasteiger partial charge in [-0.15, -0.1) is 0 Å². The summed E-state index contributed by atoms with van der Waals surface area (Å²) < 4.78 is 26.6. The Kier molecular flexibility index (Phi) is 3.39. The molecule has 0 saturated heterocycles. The molecule has 0 spiro atoms. The molecule has 0 amide bonds. The van der Waals surface area contributed by atoms with Crippen LogP contribution in [0.25, 0.3) is 0 Å². The minimum absolute atomic E-state index is 0.255. The zero-order valence-electron chi connectivity index (χ0n) is 8.44. The molecule has 1 heterocycles. The van der Waals surface area contributed by atoms with Crippen molar-refractivity contribution in [1.29, 1.82) is 0 Å². The SMILES string of the molecule is Cc1cc(C(CC(=O)O)C(F)F)n(C)n1. The Labute approximate surface area is 85.5 Å². The van der Waals surface area contributed by atoms with Crippen LogP contribution in [0.3, 0.4) is 0 Å². The Morgan fingerprint density at radius 1 is 1.67 bits per heavy atom. The largest absolute Gasteiger partial charge is 0.481 e. The third-order valence-electron chi connectivity index (χ3n) is 2.12. The van der Waals surface area contributed by atoms with Crippen LogP contribution < -0.4 is 0 Å². The second kappa shape index (κ2) is 4.37. The van der Waals surface area contributed by atoms with Crippen molar-refractivity contribution in [1.82, 2.24) is 9.78 Å². The minimum atomic E-state index is -2.70. The van der Waals surface area contributed by atoms with Crippen LogP contribution in [0.1, 0.15) is 23.7 Å². The highest BCUT2D eigenvalue weighted by atomic mass is 19.3. The first-order valence-electron chi connectivity index (χ1n) is 4.42. The first kappa shape index (κ1) is 11.6. The summed E-state index contributed by atoms with van der Waals surface area (Å²) in [6.45, 7) is 1.67. The fourth-order valence-corrected chi connectivity index (χ4v) is 1.49. The number of aliphatic carboxylic acids is 1. The maximum absolute atomic E-state index is 12.6. The van der Waals surface area contributed by atoms with E-state index in [1.807, 2.05) is 0 Å². The van der Waals surface area contributed by atoms with Gasteiger partial charge in [0.25, 0.3) is 0 Å². The van der Waals surface area contributed by atoms with Crippen molar-refractivity contribution in [3.8, 4) is 0 Å². The predicted octanol–water partition coefficient (Wildman–Crippen LogP) is 1.55. The number of hydrogen-bond donors (Lipinski definition) is 1. The summed E-state index contributed by atoms with van der Waals surface area (Å²) in [5, 5.41) is 12.4. The molecule has 6 heteroatoms. The van der Waals surface area contributed by atoms with E-state index < -0.39 is 24.7 Å². The van der Waals surface area contributed by atoms with Gasteiger partial charge in [0.05, 0.1) is 18.0 Å². The molecule has 1 atom stereocenters. The molecule has 84 valence electrons. The summed E-state index contributed by atoms with van der Waals surface area (Å²) in [4.78, 5) is 10.4. The van der Waals surface area contributed by atoms with Crippen molar-refractivity contribution in [3.63, 3.8) is 0 Å². The van der Waals surface area contributed by atoms with Gasteiger partial charge in [0.1, 0.15) is 0 Å². The van der Waals surface area contributed by atoms with E-state index in [0.29, 0.717) is 5.69 Å². The molecule has 1 rings (SSSR count). The Bertz CT molecular complexity index is 363. The average Bonchev–Trinajstić information content (AvgIpc) is 2.40. The molecule has 0 fully saturated rings. The Balaban J connectivity index is 2.98. The number of aromatic nitrogens is 2. The standard InChI is InChI=1S/C9H12F2N2O2/c1-5-3-7(13(2)12-5)6(9(10)11)4-8(14)15/h3,6,9H,4H2,1-2H3,(H,14,15). The van der Waals surface area contributed by atoms with Gasteiger partial charge in [0.2, 0.25) is 6.43 Å². The molecule has 0 aliphatic heterocycles. The molecule has 15 heavy (non-hydrogen) atoms. The number of carboxylic acid groups (broad SMARTS) is 1. The highest BCUT2D eigenvalue weighted by molar-refractivity contribution is 5.68. The lowest BCUT2D eigenvalue weighted by Crippen LogP contribution is -2.17. The van der Waals surface area contributed by atoms with Crippen LogP contribution in [-0.2, 0) is 11.8 Å². The summed E-state index contributed by atoms with van der Waals surface area (Å²) in [6.07, 6.45) is -3.28. The van der Waals surface area contributed by atoms with E-state index >= 15 is 0 Å². The number of carboxylic acids is 1. The third kappa shape index (κ3) is 2.74. The van der Waals surface area contributed by atoms with Crippen molar-refractivity contribution in [2.45, 2.75) is 25.7 Å². The van der Waals surface area contributed by atoms with Crippen molar-refractivity contribution >= 4 is 5.97 Å². The quantitative estimate of drug-likeness (QED) is 0.834. The third-order valence-corrected chi connectivity index (χ3v) is 2.12. The summed E-state index contributed by atoms with van der Waals surface area (Å²) in [5.74, 6) is -2.53. The van der Waals surface area contributed by atoms with Crippen molar-refractivity contribution in [2.24, 2.45) is 7.05 Å². The summed E-state index contributed by atoms with van der Waals surface area (Å²) >= 11 is 0. The zero-order valence-corrected chi connectivity index (χ0v) is 8.44. The molecule has 0 aliphatic rings. The number of alkyl halides is 2. The Morgan fingerprint density at radius 3 is 2.60 bits per heavy atom. The van der Waals surface area contributed by atoms with Crippen molar-refractivity contribution in [2.75, 3.05) is 0 Å². The molecule has 0 aromatic carbocycles. The van der Waals surface area contributed by atoms with Crippen molar-refractivity contribution < 1.29 is 18.7 Å². The Morgan fingerprint density at radius 2 is 2.27 bits per heavy atom. The van der Waals surface area contributed by atoms with Crippen LogP contribution in [0.15, 0.2) is 6.07 Å². The van der Waals surface area contributed by atoms with Gasteiger partial charge in [-0.1, -0.05) is 0 Å². The number of halogens is 2. The molecule has 0 aliphatic carbocycles.